The molecule has 0 saturated heterocycles. The fourth-order valence-electron chi connectivity index (χ4n) is 2.68. The third-order valence-corrected chi connectivity index (χ3v) is 4.23. The molecule has 0 spiro atoms. The van der Waals surface area contributed by atoms with Crippen molar-refractivity contribution in [3.8, 4) is 0 Å². The van der Waals surface area contributed by atoms with Gasteiger partial charge < -0.3 is 9.67 Å². The quantitative estimate of drug-likeness (QED) is 0.510. The Bertz CT molecular complexity index is 1110. The molecule has 2 aromatic heterocycles. The van der Waals surface area contributed by atoms with Crippen LogP contribution < -0.4 is 5.56 Å². The van der Waals surface area contributed by atoms with Crippen molar-refractivity contribution in [3.63, 3.8) is 0 Å². The maximum atomic E-state index is 12.5. The first-order chi connectivity index (χ1) is 12.5. The average Bonchev–Trinajstić information content (AvgIpc) is 2.99. The number of aryl methyl sites for hydroxylation is 2. The summed E-state index contributed by atoms with van der Waals surface area (Å²) < 4.78 is 3.16. The second-order valence-corrected chi connectivity index (χ2v) is 6.01. The van der Waals surface area contributed by atoms with Gasteiger partial charge in [0.15, 0.2) is 0 Å². The molecule has 0 aliphatic heterocycles. The summed E-state index contributed by atoms with van der Waals surface area (Å²) >= 11 is 5.08. The van der Waals surface area contributed by atoms with Crippen LogP contribution in [0.3, 0.4) is 0 Å². The summed E-state index contributed by atoms with van der Waals surface area (Å²) in [5.41, 5.74) is 1.48. The maximum absolute atomic E-state index is 12.5. The minimum Gasteiger partial charge on any atom is -0.481 e. The molecule has 0 atom stereocenters. The van der Waals surface area contributed by atoms with Crippen LogP contribution in [0.1, 0.15) is 24.6 Å². The molecule has 2 heterocycles. The lowest BCUT2D eigenvalue weighted by atomic mass is 10.2. The summed E-state index contributed by atoms with van der Waals surface area (Å²) in [6, 6.07) is 7.91. The molecule has 0 bridgehead atoms. The zero-order chi connectivity index (χ0) is 18.7. The number of H-pyrrole nitrogens is 1. The standard InChI is InChI=1S/C17H17N5O3S/c1-2-21-10-11(12-5-3-4-6-14(12)21)9-18-22-16(25)13(7-8-15(23)24)19-20-17(22)26/h3-6,9-10H,2,7-8H2,1H3,(H,20,26)(H,23,24)/b18-9-. The van der Waals surface area contributed by atoms with E-state index in [9.17, 15) is 9.59 Å². The number of hydrogen-bond acceptors (Lipinski definition) is 5. The van der Waals surface area contributed by atoms with E-state index in [1.807, 2.05) is 37.4 Å². The van der Waals surface area contributed by atoms with Gasteiger partial charge in [0.05, 0.1) is 12.6 Å². The van der Waals surface area contributed by atoms with E-state index in [4.69, 9.17) is 17.3 Å². The molecule has 0 radical (unpaired) electrons. The number of para-hydroxylation sites is 1. The first-order valence-corrected chi connectivity index (χ1v) is 8.46. The lowest BCUT2D eigenvalue weighted by Gasteiger charge is -2.01. The maximum Gasteiger partial charge on any atom is 0.303 e. The van der Waals surface area contributed by atoms with E-state index < -0.39 is 11.5 Å². The number of carboxylic acids is 1. The number of rotatable bonds is 6. The van der Waals surface area contributed by atoms with Gasteiger partial charge in [0.25, 0.3) is 5.56 Å². The summed E-state index contributed by atoms with van der Waals surface area (Å²) in [7, 11) is 0. The van der Waals surface area contributed by atoms with Crippen LogP contribution in [-0.4, -0.2) is 36.7 Å². The number of carbonyl (C=O) groups is 1. The summed E-state index contributed by atoms with van der Waals surface area (Å²) in [6.45, 7) is 2.86. The molecule has 3 rings (SSSR count). The summed E-state index contributed by atoms with van der Waals surface area (Å²) in [6.07, 6.45) is 3.34. The van der Waals surface area contributed by atoms with E-state index in [1.165, 1.54) is 0 Å². The highest BCUT2D eigenvalue weighted by atomic mass is 32.1. The minimum absolute atomic E-state index is 0.00490. The van der Waals surface area contributed by atoms with Gasteiger partial charge in [-0.3, -0.25) is 14.7 Å². The SMILES string of the molecule is CCn1cc(/C=N\n2c(=S)[nH]nc(CCC(=O)O)c2=O)c2ccccc21. The van der Waals surface area contributed by atoms with Gasteiger partial charge in [-0.15, -0.1) is 0 Å². The van der Waals surface area contributed by atoms with Gasteiger partial charge in [-0.05, 0) is 25.2 Å². The second kappa shape index (κ2) is 7.44. The topological polar surface area (TPSA) is 105 Å². The van der Waals surface area contributed by atoms with Crippen LogP contribution in [0.25, 0.3) is 10.9 Å². The Labute approximate surface area is 153 Å². The molecule has 9 heteroatoms. The average molecular weight is 371 g/mol. The molecule has 8 nitrogen and oxygen atoms in total. The molecular weight excluding hydrogens is 354 g/mol. The Kier molecular flexibility index (Phi) is 5.08. The number of aromatic amines is 1. The van der Waals surface area contributed by atoms with Gasteiger partial charge in [0.2, 0.25) is 4.77 Å². The number of carboxylic acid groups (broad SMARTS) is 1. The zero-order valence-corrected chi connectivity index (χ0v) is 14.9. The van der Waals surface area contributed by atoms with Crippen LogP contribution >= 0.6 is 12.2 Å². The van der Waals surface area contributed by atoms with E-state index in [-0.39, 0.29) is 23.3 Å². The Hall–Kier alpha value is -3.07. The molecule has 3 aromatic rings. The van der Waals surface area contributed by atoms with Crippen LogP contribution in [0.2, 0.25) is 0 Å². The van der Waals surface area contributed by atoms with Gasteiger partial charge in [0.1, 0.15) is 5.69 Å². The summed E-state index contributed by atoms with van der Waals surface area (Å²) in [5, 5.41) is 20.4. The monoisotopic (exact) mass is 371 g/mol. The molecular formula is C17H17N5O3S. The Morgan fingerprint density at radius 1 is 1.42 bits per heavy atom. The molecule has 0 unspecified atom stereocenters. The van der Waals surface area contributed by atoms with Crippen molar-refractivity contribution in [2.75, 3.05) is 0 Å². The zero-order valence-electron chi connectivity index (χ0n) is 14.0. The van der Waals surface area contributed by atoms with Gasteiger partial charge in [-0.1, -0.05) is 18.2 Å². The van der Waals surface area contributed by atoms with Crippen molar-refractivity contribution in [2.45, 2.75) is 26.3 Å². The number of aromatic nitrogens is 4. The van der Waals surface area contributed by atoms with Gasteiger partial charge in [0, 0.05) is 35.6 Å². The molecule has 0 fully saturated rings. The lowest BCUT2D eigenvalue weighted by molar-refractivity contribution is -0.136. The first-order valence-electron chi connectivity index (χ1n) is 8.06. The van der Waals surface area contributed by atoms with Crippen LogP contribution in [0.5, 0.6) is 0 Å². The third-order valence-electron chi connectivity index (χ3n) is 3.97. The lowest BCUT2D eigenvalue weighted by Crippen LogP contribution is -2.25. The van der Waals surface area contributed by atoms with E-state index >= 15 is 0 Å². The Morgan fingerprint density at radius 3 is 2.92 bits per heavy atom. The number of aliphatic carboxylic acids is 1. The molecule has 0 saturated carbocycles. The highest BCUT2D eigenvalue weighted by Gasteiger charge is 2.10. The fourth-order valence-corrected chi connectivity index (χ4v) is 2.85. The highest BCUT2D eigenvalue weighted by molar-refractivity contribution is 7.71. The number of hydrogen-bond donors (Lipinski definition) is 2. The first kappa shape index (κ1) is 17.7. The molecule has 134 valence electrons. The number of benzene rings is 1. The third kappa shape index (κ3) is 3.47. The summed E-state index contributed by atoms with van der Waals surface area (Å²) in [5.74, 6) is -1.00. The molecule has 0 aliphatic rings. The van der Waals surface area contributed by atoms with Crippen molar-refractivity contribution < 1.29 is 9.90 Å². The van der Waals surface area contributed by atoms with Gasteiger partial charge in [-0.25, -0.2) is 0 Å². The smallest absolute Gasteiger partial charge is 0.303 e. The fraction of sp³-hybridized carbons (Fsp3) is 0.235. The highest BCUT2D eigenvalue weighted by Crippen LogP contribution is 2.19. The molecule has 1 aromatic carbocycles. The molecule has 26 heavy (non-hydrogen) atoms. The molecule has 0 aliphatic carbocycles. The Balaban J connectivity index is 2.01. The number of nitrogens with one attached hydrogen (secondary N) is 1. The summed E-state index contributed by atoms with van der Waals surface area (Å²) in [4.78, 5) is 23.2. The van der Waals surface area contributed by atoms with Crippen LogP contribution in [0.4, 0.5) is 0 Å². The molecule has 2 N–H and O–H groups in total. The van der Waals surface area contributed by atoms with Crippen molar-refractivity contribution in [3.05, 3.63) is 56.8 Å². The van der Waals surface area contributed by atoms with Crippen LogP contribution in [0.15, 0.2) is 40.4 Å². The van der Waals surface area contributed by atoms with Gasteiger partial charge in [-0.2, -0.15) is 14.9 Å². The number of nitrogens with zero attached hydrogens (tertiary/aromatic N) is 4. The van der Waals surface area contributed by atoms with Crippen molar-refractivity contribution >= 4 is 35.3 Å². The predicted molar refractivity (Wildman–Crippen MR) is 100 cm³/mol. The van der Waals surface area contributed by atoms with E-state index in [2.05, 4.69) is 19.9 Å². The molecule has 0 amide bonds. The van der Waals surface area contributed by atoms with Crippen LogP contribution in [0, 0.1) is 4.77 Å². The Morgan fingerprint density at radius 2 is 2.19 bits per heavy atom. The second-order valence-electron chi connectivity index (χ2n) is 5.62. The van der Waals surface area contributed by atoms with E-state index in [1.54, 1.807) is 6.21 Å². The van der Waals surface area contributed by atoms with Crippen molar-refractivity contribution in [1.29, 1.82) is 0 Å². The number of fused-ring (bicyclic) bond motifs is 1. The van der Waals surface area contributed by atoms with Crippen molar-refractivity contribution in [1.82, 2.24) is 19.4 Å². The largest absolute Gasteiger partial charge is 0.481 e. The minimum atomic E-state index is -1.00. The van der Waals surface area contributed by atoms with Gasteiger partial charge >= 0.3 is 5.97 Å². The van der Waals surface area contributed by atoms with E-state index in [0.717, 1.165) is 27.7 Å². The van der Waals surface area contributed by atoms with Crippen molar-refractivity contribution in [2.24, 2.45) is 5.10 Å². The normalized spacial score (nSPS) is 11.4. The predicted octanol–water partition coefficient (Wildman–Crippen LogP) is 2.17. The van der Waals surface area contributed by atoms with E-state index in [0.29, 0.717) is 0 Å². The van der Waals surface area contributed by atoms with Crippen LogP contribution in [-0.2, 0) is 17.8 Å².